The van der Waals surface area contributed by atoms with Crippen LogP contribution in [0.5, 0.6) is 0 Å². The molecular formula is C14H13F3N2O2. The molecule has 1 N–H and O–H groups in total. The van der Waals surface area contributed by atoms with E-state index in [4.69, 9.17) is 0 Å². The molecule has 2 aromatic rings. The van der Waals surface area contributed by atoms with Crippen molar-refractivity contribution in [2.75, 3.05) is 0 Å². The van der Waals surface area contributed by atoms with Gasteiger partial charge >= 0.3 is 6.18 Å². The predicted molar refractivity (Wildman–Crippen MR) is 69.6 cm³/mol. The second-order valence-electron chi connectivity index (χ2n) is 4.63. The van der Waals surface area contributed by atoms with Crippen molar-refractivity contribution in [2.45, 2.75) is 25.7 Å². The summed E-state index contributed by atoms with van der Waals surface area (Å²) in [5.74, 6) is 0. The van der Waals surface area contributed by atoms with Gasteiger partial charge in [-0.1, -0.05) is 12.1 Å². The van der Waals surface area contributed by atoms with Crippen molar-refractivity contribution >= 4 is 0 Å². The first-order chi connectivity index (χ1) is 9.77. The molecule has 4 nitrogen and oxygen atoms in total. The number of aliphatic hydroxyl groups is 1. The Balaban J connectivity index is 2.26. The zero-order valence-corrected chi connectivity index (χ0v) is 11.1. The Morgan fingerprint density at radius 2 is 2.00 bits per heavy atom. The molecule has 0 aliphatic heterocycles. The first kappa shape index (κ1) is 15.2. The topological polar surface area (TPSA) is 55.1 Å². The highest BCUT2D eigenvalue weighted by molar-refractivity contribution is 5.27. The second kappa shape index (κ2) is 5.69. The lowest BCUT2D eigenvalue weighted by Gasteiger charge is -2.14. The molecule has 0 saturated carbocycles. The predicted octanol–water partition coefficient (Wildman–Crippen LogP) is 2.30. The van der Waals surface area contributed by atoms with Gasteiger partial charge in [-0.05, 0) is 30.7 Å². The maximum atomic E-state index is 12.6. The van der Waals surface area contributed by atoms with Crippen molar-refractivity contribution in [2.24, 2.45) is 0 Å². The molecule has 21 heavy (non-hydrogen) atoms. The highest BCUT2D eigenvalue weighted by Crippen LogP contribution is 2.30. The fraction of sp³-hybridized carbons (Fsp3) is 0.286. The standard InChI is InChI=1S/C14H13F3N2O2/c1-9-5-6-13(21)19(18-9)8-12(20)10-3-2-4-11(7-10)14(15,16)17/h2-7,12,20H,8H2,1H3. The van der Waals surface area contributed by atoms with Gasteiger partial charge in [0.05, 0.1) is 23.9 Å². The molecule has 0 radical (unpaired) electrons. The summed E-state index contributed by atoms with van der Waals surface area (Å²) in [6, 6.07) is 7.20. The Morgan fingerprint density at radius 3 is 2.67 bits per heavy atom. The molecule has 0 bridgehead atoms. The van der Waals surface area contributed by atoms with Crippen LogP contribution in [0, 0.1) is 6.92 Å². The zero-order chi connectivity index (χ0) is 15.6. The lowest BCUT2D eigenvalue weighted by molar-refractivity contribution is -0.137. The molecular weight excluding hydrogens is 285 g/mol. The zero-order valence-electron chi connectivity index (χ0n) is 11.1. The summed E-state index contributed by atoms with van der Waals surface area (Å²) in [6.45, 7) is 1.47. The SMILES string of the molecule is Cc1ccc(=O)n(CC(O)c2cccc(C(F)(F)F)c2)n1. The van der Waals surface area contributed by atoms with Crippen LogP contribution < -0.4 is 5.56 Å². The van der Waals surface area contributed by atoms with Crippen LogP contribution >= 0.6 is 0 Å². The van der Waals surface area contributed by atoms with Gasteiger partial charge in [-0.25, -0.2) is 4.68 Å². The number of rotatable bonds is 3. The fourth-order valence-electron chi connectivity index (χ4n) is 1.87. The van der Waals surface area contributed by atoms with Crippen LogP contribution in [0.25, 0.3) is 0 Å². The third kappa shape index (κ3) is 3.69. The molecule has 112 valence electrons. The van der Waals surface area contributed by atoms with Gasteiger partial charge in [0.25, 0.3) is 5.56 Å². The van der Waals surface area contributed by atoms with Crippen molar-refractivity contribution in [3.05, 3.63) is 63.6 Å². The number of nitrogens with zero attached hydrogens (tertiary/aromatic N) is 2. The van der Waals surface area contributed by atoms with Gasteiger partial charge in [0.1, 0.15) is 0 Å². The van der Waals surface area contributed by atoms with Gasteiger partial charge in [0.2, 0.25) is 0 Å². The molecule has 7 heteroatoms. The summed E-state index contributed by atoms with van der Waals surface area (Å²) < 4.78 is 38.9. The normalized spacial score (nSPS) is 13.2. The molecule has 0 spiro atoms. The Bertz CT molecular complexity index is 695. The van der Waals surface area contributed by atoms with Crippen LogP contribution in [0.1, 0.15) is 22.9 Å². The summed E-state index contributed by atoms with van der Waals surface area (Å²) in [5, 5.41) is 13.9. The Hall–Kier alpha value is -2.15. The lowest BCUT2D eigenvalue weighted by atomic mass is 10.1. The van der Waals surface area contributed by atoms with Gasteiger partial charge in [-0.3, -0.25) is 4.79 Å². The highest BCUT2D eigenvalue weighted by atomic mass is 19.4. The highest BCUT2D eigenvalue weighted by Gasteiger charge is 2.30. The Morgan fingerprint density at radius 1 is 1.29 bits per heavy atom. The van der Waals surface area contributed by atoms with E-state index in [1.807, 2.05) is 0 Å². The number of aliphatic hydroxyl groups excluding tert-OH is 1. The van der Waals surface area contributed by atoms with E-state index in [1.54, 1.807) is 6.92 Å². The van der Waals surface area contributed by atoms with Crippen molar-refractivity contribution < 1.29 is 18.3 Å². The van der Waals surface area contributed by atoms with E-state index >= 15 is 0 Å². The van der Waals surface area contributed by atoms with Crippen LogP contribution in [-0.2, 0) is 12.7 Å². The molecule has 1 heterocycles. The molecule has 1 aromatic carbocycles. The average molecular weight is 298 g/mol. The fourth-order valence-corrected chi connectivity index (χ4v) is 1.87. The molecule has 0 amide bonds. The third-order valence-corrected chi connectivity index (χ3v) is 2.94. The molecule has 1 atom stereocenters. The number of halogens is 3. The minimum atomic E-state index is -4.48. The molecule has 0 saturated heterocycles. The molecule has 2 rings (SSSR count). The van der Waals surface area contributed by atoms with Crippen molar-refractivity contribution in [3.63, 3.8) is 0 Å². The Labute approximate surface area is 118 Å². The van der Waals surface area contributed by atoms with E-state index in [0.717, 1.165) is 16.8 Å². The molecule has 0 aliphatic rings. The molecule has 1 aromatic heterocycles. The first-order valence-corrected chi connectivity index (χ1v) is 6.17. The minimum Gasteiger partial charge on any atom is -0.386 e. The van der Waals surface area contributed by atoms with E-state index < -0.39 is 23.4 Å². The minimum absolute atomic E-state index is 0.0834. The third-order valence-electron chi connectivity index (χ3n) is 2.94. The number of hydrogen-bond acceptors (Lipinski definition) is 3. The van der Waals surface area contributed by atoms with Gasteiger partial charge in [0, 0.05) is 6.07 Å². The monoisotopic (exact) mass is 298 g/mol. The van der Waals surface area contributed by atoms with E-state index in [-0.39, 0.29) is 12.1 Å². The van der Waals surface area contributed by atoms with Crippen molar-refractivity contribution in [1.82, 2.24) is 9.78 Å². The van der Waals surface area contributed by atoms with Crippen LogP contribution in [0.4, 0.5) is 13.2 Å². The smallest absolute Gasteiger partial charge is 0.386 e. The summed E-state index contributed by atoms with van der Waals surface area (Å²) in [6.07, 6.45) is -5.73. The van der Waals surface area contributed by atoms with Crippen LogP contribution in [0.2, 0.25) is 0 Å². The summed E-state index contributed by atoms with van der Waals surface area (Å²) in [4.78, 5) is 11.6. The number of aryl methyl sites for hydroxylation is 1. The lowest BCUT2D eigenvalue weighted by Crippen LogP contribution is -2.25. The van der Waals surface area contributed by atoms with Crippen molar-refractivity contribution in [3.8, 4) is 0 Å². The van der Waals surface area contributed by atoms with Crippen LogP contribution in [0.15, 0.2) is 41.2 Å². The number of alkyl halides is 3. The maximum absolute atomic E-state index is 12.6. The number of aromatic nitrogens is 2. The van der Waals surface area contributed by atoms with E-state index in [9.17, 15) is 23.1 Å². The summed E-state index contributed by atoms with van der Waals surface area (Å²) in [5.41, 5.74) is -0.610. The van der Waals surface area contributed by atoms with Gasteiger partial charge in [0.15, 0.2) is 0 Å². The van der Waals surface area contributed by atoms with E-state index in [0.29, 0.717) is 5.69 Å². The van der Waals surface area contributed by atoms with E-state index in [2.05, 4.69) is 5.10 Å². The summed E-state index contributed by atoms with van der Waals surface area (Å²) in [7, 11) is 0. The van der Waals surface area contributed by atoms with Gasteiger partial charge in [-0.2, -0.15) is 18.3 Å². The second-order valence-corrected chi connectivity index (χ2v) is 4.63. The number of hydrogen-bond donors (Lipinski definition) is 1. The van der Waals surface area contributed by atoms with Crippen LogP contribution in [0.3, 0.4) is 0 Å². The molecule has 0 fully saturated rings. The molecule has 0 aliphatic carbocycles. The van der Waals surface area contributed by atoms with Crippen molar-refractivity contribution in [1.29, 1.82) is 0 Å². The largest absolute Gasteiger partial charge is 0.416 e. The summed E-state index contributed by atoms with van der Waals surface area (Å²) >= 11 is 0. The van der Waals surface area contributed by atoms with Gasteiger partial charge < -0.3 is 5.11 Å². The molecule has 1 unspecified atom stereocenters. The maximum Gasteiger partial charge on any atom is 0.416 e. The van der Waals surface area contributed by atoms with Crippen LogP contribution in [-0.4, -0.2) is 14.9 Å². The van der Waals surface area contributed by atoms with Gasteiger partial charge in [-0.15, -0.1) is 0 Å². The first-order valence-electron chi connectivity index (χ1n) is 6.17. The number of benzene rings is 1. The quantitative estimate of drug-likeness (QED) is 0.946. The Kier molecular flexibility index (Phi) is 4.13. The van der Waals surface area contributed by atoms with E-state index in [1.165, 1.54) is 24.3 Å². The average Bonchev–Trinajstić information content (AvgIpc) is 2.42.